The molecule has 0 aliphatic rings. The van der Waals surface area contributed by atoms with E-state index in [1.807, 2.05) is 54.0 Å². The number of aromatic nitrogens is 4. The zero-order valence-corrected chi connectivity index (χ0v) is 18.5. The molecule has 0 unspecified atom stereocenters. The van der Waals surface area contributed by atoms with Gasteiger partial charge in [0.15, 0.2) is 16.3 Å². The molecule has 2 aromatic carbocycles. The third kappa shape index (κ3) is 3.70. The summed E-state index contributed by atoms with van der Waals surface area (Å²) in [6.07, 6.45) is 0. The highest BCUT2D eigenvalue weighted by molar-refractivity contribution is 7.98. The molecule has 8 heteroatoms. The van der Waals surface area contributed by atoms with E-state index in [1.54, 1.807) is 7.05 Å². The van der Waals surface area contributed by atoms with Gasteiger partial charge in [0.25, 0.3) is 5.56 Å². The van der Waals surface area contributed by atoms with Crippen LogP contribution in [0.4, 0.5) is 0 Å². The second-order valence-corrected chi connectivity index (χ2v) is 8.58. The number of benzene rings is 2. The average Bonchev–Trinajstić information content (AvgIpc) is 3.08. The van der Waals surface area contributed by atoms with Crippen LogP contribution >= 0.6 is 23.4 Å². The number of nitrogens with zero attached hydrogens (tertiary/aromatic N) is 4. The number of halogens is 1. The van der Waals surface area contributed by atoms with Gasteiger partial charge in [-0.25, -0.2) is 9.78 Å². The van der Waals surface area contributed by atoms with Crippen molar-refractivity contribution < 1.29 is 0 Å². The zero-order valence-electron chi connectivity index (χ0n) is 16.9. The number of rotatable bonds is 5. The third-order valence-corrected chi connectivity index (χ3v) is 6.44. The summed E-state index contributed by atoms with van der Waals surface area (Å²) in [7, 11) is 3.13. The minimum Gasteiger partial charge on any atom is -0.309 e. The molecular formula is C22H21ClN4O2S. The predicted molar refractivity (Wildman–Crippen MR) is 122 cm³/mol. The van der Waals surface area contributed by atoms with Crippen molar-refractivity contribution in [1.29, 1.82) is 0 Å². The molecule has 0 radical (unpaired) electrons. The molecule has 4 aromatic rings. The highest BCUT2D eigenvalue weighted by Crippen LogP contribution is 2.28. The van der Waals surface area contributed by atoms with Crippen molar-refractivity contribution in [3.05, 3.63) is 91.1 Å². The van der Waals surface area contributed by atoms with Crippen LogP contribution in [-0.2, 0) is 26.4 Å². The first-order valence-electron chi connectivity index (χ1n) is 9.45. The van der Waals surface area contributed by atoms with Crippen molar-refractivity contribution in [2.45, 2.75) is 24.4 Å². The Labute approximate surface area is 182 Å². The van der Waals surface area contributed by atoms with Crippen LogP contribution in [0.5, 0.6) is 0 Å². The lowest BCUT2D eigenvalue weighted by atomic mass is 10.1. The molecule has 0 amide bonds. The molecule has 154 valence electrons. The van der Waals surface area contributed by atoms with Gasteiger partial charge in [-0.15, -0.1) is 0 Å². The van der Waals surface area contributed by atoms with Crippen molar-refractivity contribution in [3.63, 3.8) is 0 Å². The van der Waals surface area contributed by atoms with Crippen LogP contribution in [0, 0.1) is 6.92 Å². The van der Waals surface area contributed by atoms with Gasteiger partial charge in [0.2, 0.25) is 0 Å². The Kier molecular flexibility index (Phi) is 5.58. The van der Waals surface area contributed by atoms with Crippen LogP contribution in [0.25, 0.3) is 11.2 Å². The Morgan fingerprint density at radius 3 is 2.53 bits per heavy atom. The summed E-state index contributed by atoms with van der Waals surface area (Å²) in [6.45, 7) is 2.52. The lowest BCUT2D eigenvalue weighted by molar-refractivity contribution is 0.696. The molecule has 0 fully saturated rings. The van der Waals surface area contributed by atoms with Gasteiger partial charge in [0.1, 0.15) is 0 Å². The Bertz CT molecular complexity index is 1370. The molecular weight excluding hydrogens is 420 g/mol. The second-order valence-electron chi connectivity index (χ2n) is 7.23. The second kappa shape index (κ2) is 8.16. The molecule has 0 bridgehead atoms. The fourth-order valence-electron chi connectivity index (χ4n) is 3.43. The number of aryl methyl sites for hydroxylation is 2. The van der Waals surface area contributed by atoms with Crippen molar-refractivity contribution in [1.82, 2.24) is 18.7 Å². The number of hydrogen-bond acceptors (Lipinski definition) is 4. The lowest BCUT2D eigenvalue weighted by Gasteiger charge is -2.10. The van der Waals surface area contributed by atoms with Crippen LogP contribution in [0.1, 0.15) is 16.7 Å². The molecule has 6 nitrogen and oxygen atoms in total. The van der Waals surface area contributed by atoms with Crippen LogP contribution in [0.15, 0.2) is 63.3 Å². The van der Waals surface area contributed by atoms with E-state index in [0.717, 1.165) is 21.3 Å². The minimum absolute atomic E-state index is 0.349. The van der Waals surface area contributed by atoms with Gasteiger partial charge in [-0.3, -0.25) is 13.9 Å². The molecule has 0 N–H and O–H groups in total. The largest absolute Gasteiger partial charge is 0.332 e. The van der Waals surface area contributed by atoms with Gasteiger partial charge in [-0.05, 0) is 24.1 Å². The van der Waals surface area contributed by atoms with Crippen LogP contribution in [0.3, 0.4) is 0 Å². The first-order valence-corrected chi connectivity index (χ1v) is 10.8. The van der Waals surface area contributed by atoms with Gasteiger partial charge in [-0.2, -0.15) is 0 Å². The Hall–Kier alpha value is -2.77. The summed E-state index contributed by atoms with van der Waals surface area (Å²) >= 11 is 7.81. The van der Waals surface area contributed by atoms with E-state index in [9.17, 15) is 9.59 Å². The maximum absolute atomic E-state index is 13.0. The molecule has 0 saturated heterocycles. The quantitative estimate of drug-likeness (QED) is 0.443. The standard InChI is InChI=1S/C22H21ClN4O2S/c1-14-7-6-8-15(11-14)12-27-18-19(25(2)22(29)26(3)20(18)28)24-21(27)30-13-16-9-4-5-10-17(16)23/h4-11H,12-13H2,1-3H3. The summed E-state index contributed by atoms with van der Waals surface area (Å²) in [6, 6.07) is 15.8. The summed E-state index contributed by atoms with van der Waals surface area (Å²) < 4.78 is 4.44. The number of fused-ring (bicyclic) bond motifs is 1. The molecule has 0 aliphatic carbocycles. The van der Waals surface area contributed by atoms with Gasteiger partial charge in [0, 0.05) is 24.9 Å². The highest BCUT2D eigenvalue weighted by Gasteiger charge is 2.20. The molecule has 4 rings (SSSR count). The van der Waals surface area contributed by atoms with Crippen molar-refractivity contribution in [2.75, 3.05) is 0 Å². The highest BCUT2D eigenvalue weighted by atomic mass is 35.5. The maximum atomic E-state index is 13.0. The number of thioether (sulfide) groups is 1. The Morgan fingerprint density at radius 2 is 1.80 bits per heavy atom. The number of imidazole rings is 1. The molecule has 0 aliphatic heterocycles. The molecule has 0 atom stereocenters. The van der Waals surface area contributed by atoms with E-state index in [4.69, 9.17) is 11.6 Å². The summed E-state index contributed by atoms with van der Waals surface area (Å²) in [5.41, 5.74) is 3.25. The fraction of sp³-hybridized carbons (Fsp3) is 0.227. The fourth-order valence-corrected chi connectivity index (χ4v) is 4.72. The Balaban J connectivity index is 1.86. The summed E-state index contributed by atoms with van der Waals surface area (Å²) in [5.74, 6) is 0.602. The SMILES string of the molecule is Cc1cccc(Cn2c(SCc3ccccc3Cl)nc3c2c(=O)n(C)c(=O)n3C)c1. The lowest BCUT2D eigenvalue weighted by Crippen LogP contribution is -2.37. The van der Waals surface area contributed by atoms with E-state index in [1.165, 1.54) is 23.4 Å². The van der Waals surface area contributed by atoms with E-state index in [-0.39, 0.29) is 5.56 Å². The number of hydrogen-bond donors (Lipinski definition) is 0. The van der Waals surface area contributed by atoms with E-state index < -0.39 is 5.69 Å². The first-order chi connectivity index (χ1) is 14.4. The minimum atomic E-state index is -0.393. The molecule has 30 heavy (non-hydrogen) atoms. The normalized spacial score (nSPS) is 11.3. The van der Waals surface area contributed by atoms with Gasteiger partial charge < -0.3 is 4.57 Å². The smallest absolute Gasteiger partial charge is 0.309 e. The average molecular weight is 441 g/mol. The van der Waals surface area contributed by atoms with Crippen molar-refractivity contribution in [3.8, 4) is 0 Å². The van der Waals surface area contributed by atoms with Crippen molar-refractivity contribution >= 4 is 34.5 Å². The van der Waals surface area contributed by atoms with Crippen LogP contribution < -0.4 is 11.2 Å². The van der Waals surface area contributed by atoms with Gasteiger partial charge >= 0.3 is 5.69 Å². The van der Waals surface area contributed by atoms with E-state index in [0.29, 0.717) is 33.6 Å². The monoisotopic (exact) mass is 440 g/mol. The van der Waals surface area contributed by atoms with E-state index >= 15 is 0 Å². The molecule has 0 saturated carbocycles. The van der Waals surface area contributed by atoms with Crippen LogP contribution in [-0.4, -0.2) is 18.7 Å². The van der Waals surface area contributed by atoms with Crippen molar-refractivity contribution in [2.24, 2.45) is 14.1 Å². The summed E-state index contributed by atoms with van der Waals surface area (Å²) in [4.78, 5) is 30.1. The third-order valence-electron chi connectivity index (χ3n) is 5.05. The van der Waals surface area contributed by atoms with E-state index in [2.05, 4.69) is 11.1 Å². The molecule has 0 spiro atoms. The Morgan fingerprint density at radius 1 is 1.03 bits per heavy atom. The zero-order chi connectivity index (χ0) is 21.4. The predicted octanol–water partition coefficient (Wildman–Crippen LogP) is 3.74. The maximum Gasteiger partial charge on any atom is 0.332 e. The van der Waals surface area contributed by atoms with Gasteiger partial charge in [-0.1, -0.05) is 71.4 Å². The molecule has 2 aromatic heterocycles. The first kappa shape index (κ1) is 20.5. The van der Waals surface area contributed by atoms with Crippen LogP contribution in [0.2, 0.25) is 5.02 Å². The summed E-state index contributed by atoms with van der Waals surface area (Å²) in [5, 5.41) is 1.36. The van der Waals surface area contributed by atoms with Gasteiger partial charge in [0.05, 0.1) is 6.54 Å². The topological polar surface area (TPSA) is 61.8 Å². The molecule has 2 heterocycles.